The summed E-state index contributed by atoms with van der Waals surface area (Å²) in [6.07, 6.45) is 0. The largest absolute Gasteiger partial charge is 0.478 e. The van der Waals surface area contributed by atoms with Gasteiger partial charge in [-0.05, 0) is 20.8 Å². The molecule has 0 fully saturated rings. The molecule has 0 aromatic carbocycles. The van der Waals surface area contributed by atoms with Crippen molar-refractivity contribution in [2.75, 3.05) is 0 Å². The van der Waals surface area contributed by atoms with Gasteiger partial charge in [-0.25, -0.2) is 9.59 Å². The molecule has 0 aliphatic rings. The van der Waals surface area contributed by atoms with Crippen molar-refractivity contribution in [2.45, 2.75) is 26.4 Å². The Morgan fingerprint density at radius 2 is 1.80 bits per heavy atom. The maximum absolute atomic E-state index is 11.6. The molecule has 0 unspecified atom stereocenters. The average molecular weight is 228 g/mol. The molecular formula is C10H12O4S. The lowest BCUT2D eigenvalue weighted by Crippen LogP contribution is -2.24. The molecule has 0 amide bonds. The van der Waals surface area contributed by atoms with Crippen LogP contribution in [0.25, 0.3) is 0 Å². The standard InChI is InChI=1S/C10H12O4S/c1-10(2,3)14-9(13)7-5-15-4-6(7)8(11)12/h4-5H,1-3H3,(H,11,12). The van der Waals surface area contributed by atoms with Crippen molar-refractivity contribution in [1.82, 2.24) is 0 Å². The molecule has 0 aliphatic heterocycles. The first-order valence-corrected chi connectivity index (χ1v) is 5.28. The van der Waals surface area contributed by atoms with E-state index >= 15 is 0 Å². The van der Waals surface area contributed by atoms with Crippen LogP contribution in [0.2, 0.25) is 0 Å². The number of ether oxygens (including phenoxy) is 1. The number of carbonyl (C=O) groups excluding carboxylic acids is 1. The van der Waals surface area contributed by atoms with Gasteiger partial charge in [-0.15, -0.1) is 0 Å². The summed E-state index contributed by atoms with van der Waals surface area (Å²) in [5, 5.41) is 11.7. The summed E-state index contributed by atoms with van der Waals surface area (Å²) in [5.74, 6) is -1.71. The number of carboxylic acids is 1. The lowest BCUT2D eigenvalue weighted by atomic mass is 10.1. The van der Waals surface area contributed by atoms with E-state index in [9.17, 15) is 9.59 Å². The average Bonchev–Trinajstić information content (AvgIpc) is 2.47. The first-order valence-electron chi connectivity index (χ1n) is 4.34. The van der Waals surface area contributed by atoms with Gasteiger partial charge in [0.15, 0.2) is 0 Å². The van der Waals surface area contributed by atoms with E-state index in [1.165, 1.54) is 22.1 Å². The predicted molar refractivity (Wildman–Crippen MR) is 56.4 cm³/mol. The summed E-state index contributed by atoms with van der Waals surface area (Å²) in [5.41, 5.74) is -0.508. The maximum atomic E-state index is 11.6. The molecule has 0 aliphatic carbocycles. The zero-order chi connectivity index (χ0) is 11.6. The van der Waals surface area contributed by atoms with Gasteiger partial charge in [0.1, 0.15) is 5.60 Å². The van der Waals surface area contributed by atoms with Crippen molar-refractivity contribution in [3.05, 3.63) is 21.9 Å². The number of thiophene rings is 1. The van der Waals surface area contributed by atoms with Crippen LogP contribution in [-0.2, 0) is 4.74 Å². The van der Waals surface area contributed by atoms with Gasteiger partial charge in [-0.3, -0.25) is 0 Å². The third kappa shape index (κ3) is 3.06. The Kier molecular flexibility index (Phi) is 3.14. The number of carbonyl (C=O) groups is 2. The third-order valence-corrected chi connectivity index (χ3v) is 2.25. The lowest BCUT2D eigenvalue weighted by Gasteiger charge is -2.19. The Morgan fingerprint density at radius 1 is 1.27 bits per heavy atom. The van der Waals surface area contributed by atoms with Crippen molar-refractivity contribution < 1.29 is 19.4 Å². The quantitative estimate of drug-likeness (QED) is 0.789. The van der Waals surface area contributed by atoms with E-state index in [0.29, 0.717) is 0 Å². The van der Waals surface area contributed by atoms with Crippen LogP contribution in [-0.4, -0.2) is 22.6 Å². The zero-order valence-electron chi connectivity index (χ0n) is 8.73. The van der Waals surface area contributed by atoms with Crippen molar-refractivity contribution in [1.29, 1.82) is 0 Å². The summed E-state index contributed by atoms with van der Waals surface area (Å²) >= 11 is 1.17. The highest BCUT2D eigenvalue weighted by Gasteiger charge is 2.23. The van der Waals surface area contributed by atoms with Gasteiger partial charge in [0, 0.05) is 10.8 Å². The SMILES string of the molecule is CC(C)(C)OC(=O)c1cscc1C(=O)O. The number of esters is 1. The van der Waals surface area contributed by atoms with Crippen LogP contribution in [0.3, 0.4) is 0 Å². The Labute approximate surface area is 91.5 Å². The third-order valence-electron chi connectivity index (χ3n) is 1.51. The van der Waals surface area contributed by atoms with Gasteiger partial charge in [0.2, 0.25) is 0 Å². The van der Waals surface area contributed by atoms with Crippen molar-refractivity contribution in [3.63, 3.8) is 0 Å². The lowest BCUT2D eigenvalue weighted by molar-refractivity contribution is 0.00666. The Balaban J connectivity index is 2.92. The molecule has 0 atom stereocenters. The molecule has 0 saturated heterocycles. The highest BCUT2D eigenvalue weighted by Crippen LogP contribution is 2.19. The summed E-state index contributed by atoms with van der Waals surface area (Å²) in [4.78, 5) is 22.3. The van der Waals surface area contributed by atoms with Gasteiger partial charge in [-0.1, -0.05) is 0 Å². The van der Waals surface area contributed by atoms with E-state index < -0.39 is 17.5 Å². The highest BCUT2D eigenvalue weighted by molar-refractivity contribution is 7.08. The van der Waals surface area contributed by atoms with Gasteiger partial charge in [0.25, 0.3) is 0 Å². The van der Waals surface area contributed by atoms with Crippen molar-refractivity contribution in [2.24, 2.45) is 0 Å². The molecule has 1 rings (SSSR count). The normalized spacial score (nSPS) is 11.1. The van der Waals surface area contributed by atoms with E-state index in [0.717, 1.165) is 0 Å². The smallest absolute Gasteiger partial charge is 0.340 e. The number of hydrogen-bond acceptors (Lipinski definition) is 4. The van der Waals surface area contributed by atoms with Crippen molar-refractivity contribution in [3.8, 4) is 0 Å². The molecule has 1 aromatic heterocycles. The number of carboxylic acid groups (broad SMARTS) is 1. The predicted octanol–water partition coefficient (Wildman–Crippen LogP) is 2.40. The van der Waals surface area contributed by atoms with Crippen LogP contribution in [0.4, 0.5) is 0 Å². The first kappa shape index (κ1) is 11.7. The maximum Gasteiger partial charge on any atom is 0.340 e. The van der Waals surface area contributed by atoms with Gasteiger partial charge >= 0.3 is 11.9 Å². The Bertz CT molecular complexity index is 386. The molecule has 1 aromatic rings. The second-order valence-electron chi connectivity index (χ2n) is 4.01. The van der Waals surface area contributed by atoms with E-state index in [4.69, 9.17) is 9.84 Å². The minimum atomic E-state index is -1.11. The first-order chi connectivity index (χ1) is 6.81. The number of rotatable bonds is 2. The molecule has 0 bridgehead atoms. The molecule has 0 spiro atoms. The number of aromatic carboxylic acids is 1. The fourth-order valence-electron chi connectivity index (χ4n) is 0.954. The molecule has 5 heteroatoms. The molecule has 1 N–H and O–H groups in total. The monoisotopic (exact) mass is 228 g/mol. The second kappa shape index (κ2) is 4.02. The van der Waals surface area contributed by atoms with E-state index in [1.54, 1.807) is 20.8 Å². The number of hydrogen-bond donors (Lipinski definition) is 1. The van der Waals surface area contributed by atoms with Crippen LogP contribution in [0.15, 0.2) is 10.8 Å². The van der Waals surface area contributed by atoms with Crippen molar-refractivity contribution >= 4 is 23.3 Å². The molecule has 0 radical (unpaired) electrons. The van der Waals surface area contributed by atoms with Gasteiger partial charge in [0.05, 0.1) is 11.1 Å². The summed E-state index contributed by atoms with van der Waals surface area (Å²) in [7, 11) is 0. The fraction of sp³-hybridized carbons (Fsp3) is 0.400. The van der Waals surface area contributed by atoms with E-state index in [-0.39, 0.29) is 11.1 Å². The molecule has 15 heavy (non-hydrogen) atoms. The molecule has 82 valence electrons. The topological polar surface area (TPSA) is 63.6 Å². The van der Waals surface area contributed by atoms with Crippen LogP contribution in [0.1, 0.15) is 41.5 Å². The van der Waals surface area contributed by atoms with E-state index in [1.807, 2.05) is 0 Å². The fourth-order valence-corrected chi connectivity index (χ4v) is 1.75. The van der Waals surface area contributed by atoms with Crippen LogP contribution in [0.5, 0.6) is 0 Å². The second-order valence-corrected chi connectivity index (χ2v) is 4.75. The van der Waals surface area contributed by atoms with Crippen LogP contribution in [0, 0.1) is 0 Å². The van der Waals surface area contributed by atoms with Crippen LogP contribution >= 0.6 is 11.3 Å². The molecular weight excluding hydrogens is 216 g/mol. The molecule has 0 saturated carbocycles. The molecule has 1 heterocycles. The minimum absolute atomic E-state index is 0.00532. The van der Waals surface area contributed by atoms with Crippen LogP contribution < -0.4 is 0 Å². The van der Waals surface area contributed by atoms with Gasteiger partial charge < -0.3 is 9.84 Å². The highest BCUT2D eigenvalue weighted by atomic mass is 32.1. The summed E-state index contributed by atoms with van der Waals surface area (Å²) in [6, 6.07) is 0. The Morgan fingerprint density at radius 3 is 2.27 bits per heavy atom. The van der Waals surface area contributed by atoms with Gasteiger partial charge in [-0.2, -0.15) is 11.3 Å². The minimum Gasteiger partial charge on any atom is -0.478 e. The Hall–Kier alpha value is -1.36. The summed E-state index contributed by atoms with van der Waals surface area (Å²) in [6.45, 7) is 5.20. The van der Waals surface area contributed by atoms with E-state index in [2.05, 4.69) is 0 Å². The summed E-state index contributed by atoms with van der Waals surface area (Å²) < 4.78 is 5.08. The zero-order valence-corrected chi connectivity index (χ0v) is 9.55. The molecule has 4 nitrogen and oxygen atoms in total.